The van der Waals surface area contributed by atoms with E-state index < -0.39 is 24.9 Å². The molecular weight excluding hydrogens is 329 g/mol. The van der Waals surface area contributed by atoms with Crippen molar-refractivity contribution in [2.24, 2.45) is 0 Å². The van der Waals surface area contributed by atoms with E-state index in [1.54, 1.807) is 18.2 Å². The number of hydrogen-bond acceptors (Lipinski definition) is 7. The Hall–Kier alpha value is -3.39. The van der Waals surface area contributed by atoms with Crippen molar-refractivity contribution in [3.8, 4) is 11.8 Å². The number of nitriles is 1. The van der Waals surface area contributed by atoms with Crippen LogP contribution in [0.4, 0.5) is 0 Å². The molecule has 25 heavy (non-hydrogen) atoms. The standard InChI is InChI=1S/C14H12BN5O5/c16-5-11-17-7-20(19-11)6-12(21)18-10-4-8-2-1-3-9(14(22)23)13(8)25-15(10)24/h1-3,7,10,24H,4,6H2,(H,18,21)(H,22,23)/t10-/m0/s1. The zero-order chi connectivity index (χ0) is 18.0. The van der Waals surface area contributed by atoms with E-state index in [2.05, 4.69) is 15.4 Å². The minimum atomic E-state index is -1.39. The van der Waals surface area contributed by atoms with Crippen molar-refractivity contribution in [2.45, 2.75) is 18.9 Å². The van der Waals surface area contributed by atoms with Crippen LogP contribution in [0.3, 0.4) is 0 Å². The van der Waals surface area contributed by atoms with Crippen LogP contribution in [-0.2, 0) is 17.8 Å². The number of nitrogens with one attached hydrogen (secondary N) is 1. The molecule has 11 heteroatoms. The molecule has 2 aromatic rings. The topological polar surface area (TPSA) is 150 Å². The van der Waals surface area contributed by atoms with E-state index in [9.17, 15) is 14.6 Å². The number of fused-ring (bicyclic) bond motifs is 1. The van der Waals surface area contributed by atoms with Gasteiger partial charge in [-0.2, -0.15) is 5.26 Å². The lowest BCUT2D eigenvalue weighted by Crippen LogP contribution is -2.53. The molecule has 1 aromatic carbocycles. The number of rotatable bonds is 4. The van der Waals surface area contributed by atoms with Gasteiger partial charge in [-0.3, -0.25) is 4.79 Å². The highest BCUT2D eigenvalue weighted by atomic mass is 16.5. The van der Waals surface area contributed by atoms with Gasteiger partial charge in [-0.1, -0.05) is 12.1 Å². The highest BCUT2D eigenvalue weighted by Crippen LogP contribution is 2.30. The summed E-state index contributed by atoms with van der Waals surface area (Å²) in [6.07, 6.45) is 1.46. The molecule has 0 fully saturated rings. The van der Waals surface area contributed by atoms with E-state index >= 15 is 0 Å². The van der Waals surface area contributed by atoms with Crippen LogP contribution in [0.2, 0.25) is 0 Å². The predicted molar refractivity (Wildman–Crippen MR) is 82.4 cm³/mol. The predicted octanol–water partition coefficient (Wildman–Crippen LogP) is -1.01. The molecule has 0 saturated heterocycles. The number of carbonyl (C=O) groups excluding carboxylic acids is 1. The summed E-state index contributed by atoms with van der Waals surface area (Å²) in [5.41, 5.74) is 0.524. The van der Waals surface area contributed by atoms with E-state index in [4.69, 9.17) is 15.0 Å². The van der Waals surface area contributed by atoms with Crippen molar-refractivity contribution in [3.05, 3.63) is 41.5 Å². The lowest BCUT2D eigenvalue weighted by molar-refractivity contribution is -0.122. The fourth-order valence-electron chi connectivity index (χ4n) is 2.54. The molecule has 0 radical (unpaired) electrons. The highest BCUT2D eigenvalue weighted by molar-refractivity contribution is 6.47. The Morgan fingerprint density at radius 1 is 1.52 bits per heavy atom. The summed E-state index contributed by atoms with van der Waals surface area (Å²) in [5, 5.41) is 34.3. The van der Waals surface area contributed by atoms with E-state index in [0.29, 0.717) is 5.56 Å². The number of carbonyl (C=O) groups is 2. The van der Waals surface area contributed by atoms with Crippen LogP contribution in [0, 0.1) is 11.3 Å². The molecule has 0 unspecified atom stereocenters. The third-order valence-corrected chi connectivity index (χ3v) is 3.64. The van der Waals surface area contributed by atoms with Gasteiger partial charge in [-0.05, 0) is 18.1 Å². The lowest BCUT2D eigenvalue weighted by atomic mass is 9.72. The molecule has 3 rings (SSSR count). The Morgan fingerprint density at radius 2 is 2.32 bits per heavy atom. The van der Waals surface area contributed by atoms with Crippen LogP contribution in [-0.4, -0.2) is 49.8 Å². The molecule has 1 aliphatic heterocycles. The molecule has 1 atom stereocenters. The molecule has 1 aliphatic rings. The second-order valence-corrected chi connectivity index (χ2v) is 5.36. The number of benzene rings is 1. The molecule has 3 N–H and O–H groups in total. The number of aromatic nitrogens is 3. The second-order valence-electron chi connectivity index (χ2n) is 5.36. The molecule has 0 spiro atoms. The SMILES string of the molecule is N#Cc1ncn(CC(=O)N[C@H]2Cc3cccc(C(=O)O)c3OB2O)n1. The molecule has 1 amide bonds. The minimum absolute atomic E-state index is 0.0482. The maximum Gasteiger partial charge on any atom is 0.547 e. The van der Waals surface area contributed by atoms with Crippen LogP contribution in [0.25, 0.3) is 0 Å². The largest absolute Gasteiger partial charge is 0.547 e. The van der Waals surface area contributed by atoms with Gasteiger partial charge in [-0.15, -0.1) is 5.10 Å². The maximum atomic E-state index is 12.1. The van der Waals surface area contributed by atoms with Crippen molar-refractivity contribution in [1.29, 1.82) is 5.26 Å². The summed E-state index contributed by atoms with van der Waals surface area (Å²) in [6.45, 7) is -0.181. The lowest BCUT2D eigenvalue weighted by Gasteiger charge is -2.28. The van der Waals surface area contributed by atoms with Crippen LogP contribution in [0.1, 0.15) is 21.7 Å². The molecule has 1 aromatic heterocycles. The summed E-state index contributed by atoms with van der Waals surface area (Å²) in [7, 11) is -1.39. The Morgan fingerprint density at radius 3 is 3.00 bits per heavy atom. The Labute approximate surface area is 141 Å². The normalized spacial score (nSPS) is 15.7. The van der Waals surface area contributed by atoms with Gasteiger partial charge in [0, 0.05) is 0 Å². The van der Waals surface area contributed by atoms with Gasteiger partial charge >= 0.3 is 13.1 Å². The van der Waals surface area contributed by atoms with E-state index in [1.165, 1.54) is 17.1 Å². The first-order valence-corrected chi connectivity index (χ1v) is 7.26. The molecule has 10 nitrogen and oxygen atoms in total. The average molecular weight is 341 g/mol. The third-order valence-electron chi connectivity index (χ3n) is 3.64. The minimum Gasteiger partial charge on any atom is -0.534 e. The van der Waals surface area contributed by atoms with Gasteiger partial charge < -0.3 is 20.1 Å². The van der Waals surface area contributed by atoms with E-state index in [-0.39, 0.29) is 30.1 Å². The average Bonchev–Trinajstić information content (AvgIpc) is 3.02. The van der Waals surface area contributed by atoms with Crippen LogP contribution < -0.4 is 9.97 Å². The van der Waals surface area contributed by atoms with Gasteiger partial charge in [0.15, 0.2) is 0 Å². The third kappa shape index (κ3) is 3.43. The fourth-order valence-corrected chi connectivity index (χ4v) is 2.54. The summed E-state index contributed by atoms with van der Waals surface area (Å²) >= 11 is 0. The number of carboxylic acids is 1. The summed E-state index contributed by atoms with van der Waals surface area (Å²) in [6, 6.07) is 6.37. The van der Waals surface area contributed by atoms with Crippen molar-refractivity contribution in [1.82, 2.24) is 20.1 Å². The number of aromatic carboxylic acids is 1. The zero-order valence-electron chi connectivity index (χ0n) is 12.8. The monoisotopic (exact) mass is 341 g/mol. The Balaban J connectivity index is 1.70. The second kappa shape index (κ2) is 6.62. The number of amides is 1. The van der Waals surface area contributed by atoms with E-state index in [0.717, 1.165) is 0 Å². The van der Waals surface area contributed by atoms with Gasteiger partial charge in [0.25, 0.3) is 5.82 Å². The molecule has 0 bridgehead atoms. The number of carboxylic acid groups (broad SMARTS) is 1. The van der Waals surface area contributed by atoms with Crippen LogP contribution in [0.15, 0.2) is 24.5 Å². The summed E-state index contributed by atoms with van der Waals surface area (Å²) < 4.78 is 6.49. The summed E-state index contributed by atoms with van der Waals surface area (Å²) in [5.74, 6) is -2.32. The van der Waals surface area contributed by atoms with Gasteiger partial charge in [0.2, 0.25) is 5.91 Å². The van der Waals surface area contributed by atoms with Gasteiger partial charge in [-0.25, -0.2) is 14.5 Å². The molecule has 0 aliphatic carbocycles. The van der Waals surface area contributed by atoms with Crippen molar-refractivity contribution in [3.63, 3.8) is 0 Å². The number of hydrogen-bond donors (Lipinski definition) is 3. The van der Waals surface area contributed by atoms with E-state index in [1.807, 2.05) is 0 Å². The summed E-state index contributed by atoms with van der Waals surface area (Å²) in [4.78, 5) is 27.0. The molecule has 2 heterocycles. The smallest absolute Gasteiger partial charge is 0.534 e. The quantitative estimate of drug-likeness (QED) is 0.599. The first kappa shape index (κ1) is 16.5. The molecule has 126 valence electrons. The van der Waals surface area contributed by atoms with Gasteiger partial charge in [0.1, 0.15) is 24.7 Å². The van der Waals surface area contributed by atoms with Crippen LogP contribution >= 0.6 is 0 Å². The Kier molecular flexibility index (Phi) is 4.36. The highest BCUT2D eigenvalue weighted by Gasteiger charge is 2.37. The first-order valence-electron chi connectivity index (χ1n) is 7.26. The van der Waals surface area contributed by atoms with Crippen LogP contribution in [0.5, 0.6) is 5.75 Å². The number of nitrogens with zero attached hydrogens (tertiary/aromatic N) is 4. The number of para-hydroxylation sites is 1. The molecule has 0 saturated carbocycles. The molecular formula is C14H12BN5O5. The fraction of sp³-hybridized carbons (Fsp3) is 0.214. The van der Waals surface area contributed by atoms with Gasteiger partial charge in [0.05, 0.1) is 11.5 Å². The zero-order valence-corrected chi connectivity index (χ0v) is 12.8. The Bertz CT molecular complexity index is 877. The van der Waals surface area contributed by atoms with Crippen molar-refractivity contribution in [2.75, 3.05) is 0 Å². The van der Waals surface area contributed by atoms with Crippen molar-refractivity contribution >= 4 is 19.0 Å². The maximum absolute atomic E-state index is 12.1. The van der Waals surface area contributed by atoms with Crippen molar-refractivity contribution < 1.29 is 24.4 Å². The first-order chi connectivity index (χ1) is 12.0.